The number of nitrogens with zero attached hydrogens (tertiary/aromatic N) is 2. The minimum atomic E-state index is -0.575. The Bertz CT molecular complexity index is 966. The van der Waals surface area contributed by atoms with Crippen LogP contribution in [0.1, 0.15) is 71.1 Å². The summed E-state index contributed by atoms with van der Waals surface area (Å²) in [7, 11) is 0. The zero-order chi connectivity index (χ0) is 23.1. The van der Waals surface area contributed by atoms with E-state index in [2.05, 4.69) is 20.5 Å². The van der Waals surface area contributed by atoms with Gasteiger partial charge in [0.1, 0.15) is 0 Å². The monoisotopic (exact) mass is 480 g/mol. The van der Waals surface area contributed by atoms with Crippen LogP contribution in [0.5, 0.6) is 0 Å². The highest BCUT2D eigenvalue weighted by Gasteiger charge is 2.26. The lowest BCUT2D eigenvalue weighted by molar-refractivity contribution is -0.139. The van der Waals surface area contributed by atoms with Crippen LogP contribution in [-0.4, -0.2) is 57.9 Å². The van der Waals surface area contributed by atoms with Gasteiger partial charge in [0.15, 0.2) is 10.9 Å². The molecule has 0 saturated heterocycles. The number of carbonyl (C=O) groups excluding carboxylic acids is 3. The van der Waals surface area contributed by atoms with Crippen LogP contribution in [0.2, 0.25) is 0 Å². The standard InChI is InChI=1S/C21H28N4O5S2/c1-4-29-19(28)18-13(3)22-12(2)17(18)15(26)10-30-16(27)11-31-21-25-24-20(32-21)23-14-8-6-5-7-9-14/h14,22H,4-11H2,1-3H3,(H,23,24). The third-order valence-electron chi connectivity index (χ3n) is 5.15. The molecule has 1 aliphatic rings. The van der Waals surface area contributed by atoms with Crippen LogP contribution in [-0.2, 0) is 14.3 Å². The lowest BCUT2D eigenvalue weighted by Gasteiger charge is -2.21. The van der Waals surface area contributed by atoms with E-state index in [0.717, 1.165) is 18.0 Å². The molecule has 2 aromatic rings. The van der Waals surface area contributed by atoms with Gasteiger partial charge in [0, 0.05) is 17.4 Å². The molecule has 0 aliphatic heterocycles. The largest absolute Gasteiger partial charge is 0.462 e. The topological polar surface area (TPSA) is 123 Å². The van der Waals surface area contributed by atoms with Crippen LogP contribution in [0.4, 0.5) is 5.13 Å². The molecule has 2 heterocycles. The van der Waals surface area contributed by atoms with Crippen LogP contribution in [0.15, 0.2) is 4.34 Å². The van der Waals surface area contributed by atoms with E-state index in [1.807, 2.05) is 0 Å². The lowest BCUT2D eigenvalue weighted by Crippen LogP contribution is -2.21. The van der Waals surface area contributed by atoms with Crippen LogP contribution in [0, 0.1) is 13.8 Å². The van der Waals surface area contributed by atoms with E-state index in [4.69, 9.17) is 9.47 Å². The molecule has 0 aromatic carbocycles. The van der Waals surface area contributed by atoms with Gasteiger partial charge >= 0.3 is 11.9 Å². The van der Waals surface area contributed by atoms with Gasteiger partial charge < -0.3 is 19.8 Å². The van der Waals surface area contributed by atoms with Gasteiger partial charge in [-0.05, 0) is 33.6 Å². The fraction of sp³-hybridized carbons (Fsp3) is 0.571. The Kier molecular flexibility index (Phi) is 8.68. The van der Waals surface area contributed by atoms with Crippen LogP contribution in [0.3, 0.4) is 0 Å². The Hall–Kier alpha value is -2.40. The quantitative estimate of drug-likeness (QED) is 0.296. The number of carbonyl (C=O) groups is 3. The van der Waals surface area contributed by atoms with Crippen molar-refractivity contribution in [3.8, 4) is 0 Å². The molecule has 1 saturated carbocycles. The summed E-state index contributed by atoms with van der Waals surface area (Å²) < 4.78 is 10.8. The summed E-state index contributed by atoms with van der Waals surface area (Å²) in [6.45, 7) is 4.83. The van der Waals surface area contributed by atoms with Gasteiger partial charge in [-0.2, -0.15) is 0 Å². The molecule has 11 heteroatoms. The molecule has 1 fully saturated rings. The molecule has 2 N–H and O–H groups in total. The van der Waals surface area contributed by atoms with E-state index in [0.29, 0.717) is 21.8 Å². The fourth-order valence-electron chi connectivity index (χ4n) is 3.72. The van der Waals surface area contributed by atoms with Gasteiger partial charge in [0.2, 0.25) is 10.9 Å². The number of nitrogens with one attached hydrogen (secondary N) is 2. The summed E-state index contributed by atoms with van der Waals surface area (Å²) in [6, 6.07) is 0.436. The molecule has 1 aliphatic carbocycles. The molecule has 0 unspecified atom stereocenters. The average Bonchev–Trinajstić information content (AvgIpc) is 3.34. The normalized spacial score (nSPS) is 14.2. The van der Waals surface area contributed by atoms with E-state index in [1.165, 1.54) is 42.4 Å². The molecule has 174 valence electrons. The highest BCUT2D eigenvalue weighted by molar-refractivity contribution is 8.01. The molecular weight excluding hydrogens is 452 g/mol. The van der Waals surface area contributed by atoms with Crippen molar-refractivity contribution in [2.24, 2.45) is 0 Å². The minimum Gasteiger partial charge on any atom is -0.462 e. The summed E-state index contributed by atoms with van der Waals surface area (Å²) in [5.74, 6) is -1.55. The molecule has 0 radical (unpaired) electrons. The maximum absolute atomic E-state index is 12.6. The zero-order valence-corrected chi connectivity index (χ0v) is 20.1. The highest BCUT2D eigenvalue weighted by atomic mass is 32.2. The first kappa shape index (κ1) is 24.2. The van der Waals surface area contributed by atoms with Crippen molar-refractivity contribution in [3.63, 3.8) is 0 Å². The number of Topliss-reactive ketones (excluding diaryl/α,β-unsaturated/α-hetero) is 1. The second kappa shape index (κ2) is 11.5. The van der Waals surface area contributed by atoms with Gasteiger partial charge in [-0.15, -0.1) is 10.2 Å². The summed E-state index contributed by atoms with van der Waals surface area (Å²) in [5, 5.41) is 12.4. The first-order valence-corrected chi connectivity index (χ1v) is 12.5. The molecule has 32 heavy (non-hydrogen) atoms. The van der Waals surface area contributed by atoms with Gasteiger partial charge in [0.05, 0.1) is 23.5 Å². The highest BCUT2D eigenvalue weighted by Crippen LogP contribution is 2.28. The Labute approximate surface area is 195 Å². The number of thioether (sulfide) groups is 1. The molecule has 0 atom stereocenters. The number of rotatable bonds is 10. The first-order chi connectivity index (χ1) is 15.4. The zero-order valence-electron chi connectivity index (χ0n) is 18.5. The Morgan fingerprint density at radius 3 is 2.53 bits per heavy atom. The van der Waals surface area contributed by atoms with Crippen molar-refractivity contribution >= 4 is 46.0 Å². The van der Waals surface area contributed by atoms with Gasteiger partial charge in [-0.1, -0.05) is 42.4 Å². The van der Waals surface area contributed by atoms with Gasteiger partial charge in [-0.25, -0.2) is 4.79 Å². The minimum absolute atomic E-state index is 0.0151. The third-order valence-corrected chi connectivity index (χ3v) is 7.11. The van der Waals surface area contributed by atoms with Crippen molar-refractivity contribution in [1.82, 2.24) is 15.2 Å². The molecule has 2 aromatic heterocycles. The van der Waals surface area contributed by atoms with Gasteiger partial charge in [0.25, 0.3) is 0 Å². The van der Waals surface area contributed by atoms with Crippen molar-refractivity contribution in [3.05, 3.63) is 22.5 Å². The molecule has 3 rings (SSSR count). The van der Waals surface area contributed by atoms with Crippen LogP contribution in [0.25, 0.3) is 0 Å². The van der Waals surface area contributed by atoms with Crippen molar-refractivity contribution in [1.29, 1.82) is 0 Å². The fourth-order valence-corrected chi connectivity index (χ4v) is 5.34. The number of ether oxygens (including phenoxy) is 2. The van der Waals surface area contributed by atoms with Crippen LogP contribution >= 0.6 is 23.1 Å². The van der Waals surface area contributed by atoms with Gasteiger partial charge in [-0.3, -0.25) is 9.59 Å². The number of aromatic amines is 1. The number of aromatic nitrogens is 3. The van der Waals surface area contributed by atoms with E-state index in [1.54, 1.807) is 20.8 Å². The lowest BCUT2D eigenvalue weighted by atomic mass is 9.96. The predicted molar refractivity (Wildman–Crippen MR) is 123 cm³/mol. The second-order valence-corrected chi connectivity index (χ2v) is 9.77. The van der Waals surface area contributed by atoms with Crippen molar-refractivity contribution < 1.29 is 23.9 Å². The summed E-state index contributed by atoms with van der Waals surface area (Å²) in [6.07, 6.45) is 6.02. The predicted octanol–water partition coefficient (Wildman–Crippen LogP) is 3.92. The second-order valence-electron chi connectivity index (χ2n) is 7.57. The SMILES string of the molecule is CCOC(=O)c1c(C)[nH]c(C)c1C(=O)COC(=O)CSc1nnc(NC2CCCCC2)s1. The van der Waals surface area contributed by atoms with E-state index >= 15 is 0 Å². The molecule has 0 amide bonds. The van der Waals surface area contributed by atoms with Crippen molar-refractivity contribution in [2.45, 2.75) is 63.3 Å². The first-order valence-electron chi connectivity index (χ1n) is 10.7. The van der Waals surface area contributed by atoms with E-state index in [9.17, 15) is 14.4 Å². The molecule has 0 bridgehead atoms. The summed E-state index contributed by atoms with van der Waals surface area (Å²) in [5.41, 5.74) is 1.46. The summed E-state index contributed by atoms with van der Waals surface area (Å²) >= 11 is 2.62. The van der Waals surface area contributed by atoms with E-state index < -0.39 is 24.3 Å². The number of aryl methyl sites for hydroxylation is 2. The number of hydrogen-bond donors (Lipinski definition) is 2. The number of H-pyrrole nitrogens is 1. The number of hydrogen-bond acceptors (Lipinski definition) is 10. The molecule has 9 nitrogen and oxygen atoms in total. The maximum atomic E-state index is 12.6. The average molecular weight is 481 g/mol. The Morgan fingerprint density at radius 1 is 1.09 bits per heavy atom. The number of esters is 2. The Balaban J connectivity index is 1.48. The summed E-state index contributed by atoms with van der Waals surface area (Å²) in [4.78, 5) is 40.0. The third kappa shape index (κ3) is 6.32. The van der Waals surface area contributed by atoms with E-state index in [-0.39, 0.29) is 23.5 Å². The molecule has 0 spiro atoms. The number of ketones is 1. The number of anilines is 1. The van der Waals surface area contributed by atoms with Crippen molar-refractivity contribution in [2.75, 3.05) is 24.3 Å². The van der Waals surface area contributed by atoms with Crippen LogP contribution < -0.4 is 5.32 Å². The maximum Gasteiger partial charge on any atom is 0.340 e. The Morgan fingerprint density at radius 2 is 1.81 bits per heavy atom. The smallest absolute Gasteiger partial charge is 0.340 e. The molecular formula is C21H28N4O5S2.